The molecular formula is C11H13N3O3. The number of nitrogens with two attached hydrogens (primary N) is 1. The highest BCUT2D eigenvalue weighted by Crippen LogP contribution is 2.20. The minimum Gasteiger partial charge on any atom is -0.465 e. The fraction of sp³-hybridized carbons (Fsp3) is 0.273. The number of esters is 1. The van der Waals surface area contributed by atoms with E-state index in [1.54, 1.807) is 25.1 Å². The molecular weight excluding hydrogens is 222 g/mol. The standard InChI is InChI=1S/C11H13N3O3/c1-2-16-10(15)6-13-11-14-8-5-7(12)3-4-9(8)17-11/h3-5H,2,6,12H2,1H3,(H,13,14). The van der Waals surface area contributed by atoms with Crippen molar-refractivity contribution in [3.63, 3.8) is 0 Å². The first-order chi connectivity index (χ1) is 8.19. The number of aromatic nitrogens is 1. The number of benzene rings is 1. The van der Waals surface area contributed by atoms with E-state index in [-0.39, 0.29) is 18.5 Å². The average Bonchev–Trinajstić information content (AvgIpc) is 2.68. The third-order valence-corrected chi connectivity index (χ3v) is 2.10. The molecule has 0 bridgehead atoms. The van der Waals surface area contributed by atoms with Crippen molar-refractivity contribution in [3.8, 4) is 0 Å². The highest BCUT2D eigenvalue weighted by molar-refractivity contribution is 5.79. The minimum atomic E-state index is -0.353. The number of hydrogen-bond donors (Lipinski definition) is 2. The molecule has 3 N–H and O–H groups in total. The summed E-state index contributed by atoms with van der Waals surface area (Å²) in [6, 6.07) is 5.43. The first-order valence-corrected chi connectivity index (χ1v) is 5.24. The van der Waals surface area contributed by atoms with Gasteiger partial charge in [0, 0.05) is 5.69 Å². The Morgan fingerprint density at radius 2 is 2.41 bits per heavy atom. The number of ether oxygens (including phenoxy) is 1. The number of carbonyl (C=O) groups is 1. The van der Waals surface area contributed by atoms with E-state index in [0.717, 1.165) is 0 Å². The topological polar surface area (TPSA) is 90.4 Å². The SMILES string of the molecule is CCOC(=O)CNc1nc2cc(N)ccc2o1. The van der Waals surface area contributed by atoms with Gasteiger partial charge in [0.25, 0.3) is 6.01 Å². The van der Waals surface area contributed by atoms with Crippen molar-refractivity contribution in [2.75, 3.05) is 24.2 Å². The zero-order valence-corrected chi connectivity index (χ0v) is 9.40. The van der Waals surface area contributed by atoms with Crippen LogP contribution in [0.4, 0.5) is 11.7 Å². The highest BCUT2D eigenvalue weighted by Gasteiger charge is 2.07. The smallest absolute Gasteiger partial charge is 0.325 e. The van der Waals surface area contributed by atoms with Gasteiger partial charge in [-0.1, -0.05) is 0 Å². The van der Waals surface area contributed by atoms with Gasteiger partial charge >= 0.3 is 5.97 Å². The Morgan fingerprint density at radius 3 is 3.18 bits per heavy atom. The summed E-state index contributed by atoms with van der Waals surface area (Å²) >= 11 is 0. The van der Waals surface area contributed by atoms with Crippen LogP contribution in [0.5, 0.6) is 0 Å². The summed E-state index contributed by atoms with van der Waals surface area (Å²) in [5, 5.41) is 2.74. The normalized spacial score (nSPS) is 10.4. The van der Waals surface area contributed by atoms with Gasteiger partial charge in [-0.05, 0) is 25.1 Å². The van der Waals surface area contributed by atoms with Gasteiger partial charge in [-0.2, -0.15) is 4.98 Å². The van der Waals surface area contributed by atoms with Crippen molar-refractivity contribution in [3.05, 3.63) is 18.2 Å². The Balaban J connectivity index is 2.07. The lowest BCUT2D eigenvalue weighted by Gasteiger charge is -2.00. The molecule has 0 spiro atoms. The van der Waals surface area contributed by atoms with Crippen LogP contribution in [0.25, 0.3) is 11.1 Å². The molecule has 6 nitrogen and oxygen atoms in total. The molecule has 2 aromatic rings. The second kappa shape index (κ2) is 4.73. The Kier molecular flexibility index (Phi) is 3.13. The van der Waals surface area contributed by atoms with Crippen LogP contribution in [0, 0.1) is 0 Å². The molecule has 0 saturated carbocycles. The van der Waals surface area contributed by atoms with Crippen LogP contribution in [0.1, 0.15) is 6.92 Å². The van der Waals surface area contributed by atoms with Crippen LogP contribution >= 0.6 is 0 Å². The first-order valence-electron chi connectivity index (χ1n) is 5.24. The van der Waals surface area contributed by atoms with E-state index in [4.69, 9.17) is 14.9 Å². The summed E-state index contributed by atoms with van der Waals surface area (Å²) in [6.07, 6.45) is 0. The van der Waals surface area contributed by atoms with Gasteiger partial charge in [0.1, 0.15) is 12.1 Å². The lowest BCUT2D eigenvalue weighted by atomic mass is 10.3. The van der Waals surface area contributed by atoms with Crippen molar-refractivity contribution in [2.24, 2.45) is 0 Å². The van der Waals surface area contributed by atoms with E-state index < -0.39 is 0 Å². The van der Waals surface area contributed by atoms with Gasteiger partial charge in [0.2, 0.25) is 0 Å². The Labute approximate surface area is 97.8 Å². The fourth-order valence-corrected chi connectivity index (χ4v) is 1.38. The van der Waals surface area contributed by atoms with Gasteiger partial charge in [-0.3, -0.25) is 4.79 Å². The van der Waals surface area contributed by atoms with Gasteiger partial charge in [0.05, 0.1) is 6.61 Å². The summed E-state index contributed by atoms with van der Waals surface area (Å²) < 4.78 is 10.1. The third-order valence-electron chi connectivity index (χ3n) is 2.10. The van der Waals surface area contributed by atoms with Crippen molar-refractivity contribution in [1.82, 2.24) is 4.98 Å². The van der Waals surface area contributed by atoms with E-state index in [1.807, 2.05) is 0 Å². The van der Waals surface area contributed by atoms with Crippen LogP contribution in [0.2, 0.25) is 0 Å². The second-order valence-electron chi connectivity index (χ2n) is 3.40. The zero-order chi connectivity index (χ0) is 12.3. The molecule has 0 aliphatic heterocycles. The Hall–Kier alpha value is -2.24. The molecule has 0 aliphatic rings. The Morgan fingerprint density at radius 1 is 1.59 bits per heavy atom. The van der Waals surface area contributed by atoms with Crippen LogP contribution in [-0.4, -0.2) is 24.1 Å². The number of rotatable bonds is 4. The van der Waals surface area contributed by atoms with Crippen LogP contribution in [0.15, 0.2) is 22.6 Å². The molecule has 1 aromatic heterocycles. The summed E-state index contributed by atoms with van der Waals surface area (Å²) in [4.78, 5) is 15.3. The number of nitrogens with one attached hydrogen (secondary N) is 1. The molecule has 0 aliphatic carbocycles. The number of hydrogen-bond acceptors (Lipinski definition) is 6. The Bertz CT molecular complexity index is 536. The lowest BCUT2D eigenvalue weighted by molar-refractivity contribution is -0.140. The van der Waals surface area contributed by atoms with E-state index in [2.05, 4.69) is 10.3 Å². The molecule has 0 atom stereocenters. The summed E-state index contributed by atoms with van der Waals surface area (Å²) in [5.41, 5.74) is 7.50. The maximum atomic E-state index is 11.1. The third kappa shape index (κ3) is 2.66. The predicted molar refractivity (Wildman–Crippen MR) is 63.5 cm³/mol. The summed E-state index contributed by atoms with van der Waals surface area (Å²) in [7, 11) is 0. The number of fused-ring (bicyclic) bond motifs is 1. The molecule has 1 heterocycles. The predicted octanol–water partition coefficient (Wildman–Crippen LogP) is 1.38. The molecule has 1 aromatic carbocycles. The van der Waals surface area contributed by atoms with Crippen LogP contribution < -0.4 is 11.1 Å². The zero-order valence-electron chi connectivity index (χ0n) is 9.40. The van der Waals surface area contributed by atoms with Crippen molar-refractivity contribution < 1.29 is 13.9 Å². The molecule has 0 amide bonds. The van der Waals surface area contributed by atoms with Crippen molar-refractivity contribution in [1.29, 1.82) is 0 Å². The quantitative estimate of drug-likeness (QED) is 0.614. The molecule has 17 heavy (non-hydrogen) atoms. The second-order valence-corrected chi connectivity index (χ2v) is 3.40. The van der Waals surface area contributed by atoms with Crippen LogP contribution in [0.3, 0.4) is 0 Å². The monoisotopic (exact) mass is 235 g/mol. The summed E-state index contributed by atoms with van der Waals surface area (Å²) in [6.45, 7) is 2.13. The average molecular weight is 235 g/mol. The molecule has 6 heteroatoms. The van der Waals surface area contributed by atoms with E-state index in [0.29, 0.717) is 23.4 Å². The number of carbonyl (C=O) groups excluding carboxylic acids is 1. The molecule has 90 valence electrons. The van der Waals surface area contributed by atoms with Gasteiger partial charge in [-0.25, -0.2) is 0 Å². The minimum absolute atomic E-state index is 0.0240. The molecule has 2 rings (SSSR count). The largest absolute Gasteiger partial charge is 0.465 e. The van der Waals surface area contributed by atoms with Crippen molar-refractivity contribution in [2.45, 2.75) is 6.92 Å². The fourth-order valence-electron chi connectivity index (χ4n) is 1.38. The maximum Gasteiger partial charge on any atom is 0.325 e. The van der Waals surface area contributed by atoms with Crippen LogP contribution in [-0.2, 0) is 9.53 Å². The molecule has 0 saturated heterocycles. The number of nitrogens with zero attached hydrogens (tertiary/aromatic N) is 1. The summed E-state index contributed by atoms with van der Waals surface area (Å²) in [5.74, 6) is -0.353. The highest BCUT2D eigenvalue weighted by atomic mass is 16.5. The van der Waals surface area contributed by atoms with Gasteiger partial charge in [-0.15, -0.1) is 0 Å². The molecule has 0 fully saturated rings. The lowest BCUT2D eigenvalue weighted by Crippen LogP contribution is -2.16. The number of oxazole rings is 1. The van der Waals surface area contributed by atoms with Gasteiger partial charge < -0.3 is 20.2 Å². The number of nitrogen functional groups attached to an aromatic ring is 1. The molecule has 0 radical (unpaired) electrons. The van der Waals surface area contributed by atoms with E-state index >= 15 is 0 Å². The maximum absolute atomic E-state index is 11.1. The first kappa shape index (κ1) is 11.3. The van der Waals surface area contributed by atoms with E-state index in [1.165, 1.54) is 0 Å². The van der Waals surface area contributed by atoms with Gasteiger partial charge in [0.15, 0.2) is 5.58 Å². The van der Waals surface area contributed by atoms with E-state index in [9.17, 15) is 4.79 Å². The van der Waals surface area contributed by atoms with Crippen molar-refractivity contribution >= 4 is 28.8 Å². The molecule has 0 unspecified atom stereocenters. The number of anilines is 2.